The van der Waals surface area contributed by atoms with E-state index in [0.29, 0.717) is 45.3 Å². The lowest BCUT2D eigenvalue weighted by Crippen LogP contribution is -2.65. The van der Waals surface area contributed by atoms with E-state index in [1.165, 1.54) is 6.92 Å². The molecule has 0 bridgehead atoms. The van der Waals surface area contributed by atoms with Gasteiger partial charge >= 0.3 is 18.1 Å². The summed E-state index contributed by atoms with van der Waals surface area (Å²) in [7, 11) is 3.46. The van der Waals surface area contributed by atoms with E-state index in [0.717, 1.165) is 40.9 Å². The van der Waals surface area contributed by atoms with Crippen molar-refractivity contribution in [1.82, 2.24) is 14.7 Å². The van der Waals surface area contributed by atoms with Crippen molar-refractivity contribution < 1.29 is 36.6 Å². The highest BCUT2D eigenvalue weighted by Crippen LogP contribution is 2.70. The van der Waals surface area contributed by atoms with Gasteiger partial charge in [-0.15, -0.1) is 0 Å². The monoisotopic (exact) mass is 635 g/mol. The average Bonchev–Trinajstić information content (AvgIpc) is 3.27. The molecule has 0 spiro atoms. The number of halogens is 5. The van der Waals surface area contributed by atoms with Gasteiger partial charge < -0.3 is 14.9 Å². The highest BCUT2D eigenvalue weighted by molar-refractivity contribution is 5.93. The van der Waals surface area contributed by atoms with Crippen LogP contribution < -0.4 is 0 Å². The molecule has 2 amide bonds. The number of urea groups is 1. The summed E-state index contributed by atoms with van der Waals surface area (Å²) in [5, 5.41) is 11.5. The molecule has 6 nitrogen and oxygen atoms in total. The van der Waals surface area contributed by atoms with Gasteiger partial charge in [0.15, 0.2) is 5.78 Å². The normalized spacial score (nSPS) is 32.6. The molecule has 2 saturated carbocycles. The highest BCUT2D eigenvalue weighted by Gasteiger charge is 2.79. The van der Waals surface area contributed by atoms with Gasteiger partial charge in [0.2, 0.25) is 0 Å². The number of benzene rings is 1. The van der Waals surface area contributed by atoms with Gasteiger partial charge in [-0.25, -0.2) is 4.79 Å². The van der Waals surface area contributed by atoms with E-state index >= 15 is 8.78 Å². The lowest BCUT2D eigenvalue weighted by molar-refractivity contribution is -0.362. The Hall–Kier alpha value is -2.79. The van der Waals surface area contributed by atoms with Crippen LogP contribution in [0.1, 0.15) is 68.9 Å². The first-order valence-corrected chi connectivity index (χ1v) is 16.0. The fourth-order valence-corrected chi connectivity index (χ4v) is 9.21. The van der Waals surface area contributed by atoms with E-state index in [-0.39, 0.29) is 30.6 Å². The SMILES string of the molecule is CN(C)C(=O)N1CCN(Cc2ccc([C@H]3C[C@@]4(C)C(CC[C@@]4(O)C(F)(F)C(F)(F)F)C4CCC5=CC(=O)CCC5=C43)cc2)CC1. The lowest BCUT2D eigenvalue weighted by Gasteiger charge is -2.56. The third-order valence-corrected chi connectivity index (χ3v) is 11.6. The first-order chi connectivity index (χ1) is 21.1. The Bertz CT molecular complexity index is 1410. The zero-order valence-corrected chi connectivity index (χ0v) is 26.1. The standard InChI is InChI=1S/C34H42F5N3O3/c1-31-19-27(22-6-4-21(5-7-22)20-41-14-16-42(17-15-41)30(44)40(2)3)29-25-11-9-24(43)18-23(25)8-10-26(29)28(31)12-13-32(31,45)33(35,36)34(37,38)39/h4-7,18,26-28,45H,8-17,19-20H2,1-3H3/t26?,27-,28?,31+,32+/m1/s1. The first-order valence-electron chi connectivity index (χ1n) is 16.0. The van der Waals surface area contributed by atoms with Crippen molar-refractivity contribution in [3.8, 4) is 0 Å². The minimum atomic E-state index is -5.87. The average molecular weight is 636 g/mol. The van der Waals surface area contributed by atoms with Crippen LogP contribution in [-0.2, 0) is 11.3 Å². The Balaban J connectivity index is 1.32. The van der Waals surface area contributed by atoms with Crippen molar-refractivity contribution in [2.45, 2.75) is 82.0 Å². The Kier molecular flexibility index (Phi) is 7.99. The van der Waals surface area contributed by atoms with Gasteiger partial charge in [0.25, 0.3) is 0 Å². The van der Waals surface area contributed by atoms with Crippen LogP contribution in [0.2, 0.25) is 0 Å². The van der Waals surface area contributed by atoms with E-state index in [1.54, 1.807) is 25.1 Å². The maximum atomic E-state index is 15.2. The number of fused-ring (bicyclic) bond motifs is 4. The van der Waals surface area contributed by atoms with Crippen molar-refractivity contribution in [3.05, 3.63) is 58.2 Å². The molecule has 0 radical (unpaired) electrons. The number of aliphatic hydroxyl groups is 1. The topological polar surface area (TPSA) is 64.1 Å². The van der Waals surface area contributed by atoms with E-state index < -0.39 is 41.4 Å². The molecule has 2 unspecified atom stereocenters. The fourth-order valence-electron chi connectivity index (χ4n) is 9.21. The number of hydrogen-bond donors (Lipinski definition) is 1. The summed E-state index contributed by atoms with van der Waals surface area (Å²) in [4.78, 5) is 30.2. The van der Waals surface area contributed by atoms with E-state index in [1.807, 2.05) is 29.2 Å². The third kappa shape index (κ3) is 5.12. The molecule has 11 heteroatoms. The predicted molar refractivity (Wildman–Crippen MR) is 159 cm³/mol. The smallest absolute Gasteiger partial charge is 0.383 e. The van der Waals surface area contributed by atoms with Crippen LogP contribution in [0.15, 0.2) is 47.1 Å². The lowest BCUT2D eigenvalue weighted by atomic mass is 9.50. The van der Waals surface area contributed by atoms with Gasteiger partial charge in [-0.05, 0) is 78.7 Å². The van der Waals surface area contributed by atoms with Crippen molar-refractivity contribution in [2.75, 3.05) is 40.3 Å². The maximum absolute atomic E-state index is 15.2. The van der Waals surface area contributed by atoms with Crippen LogP contribution in [0.5, 0.6) is 0 Å². The van der Waals surface area contributed by atoms with Crippen molar-refractivity contribution in [2.24, 2.45) is 17.3 Å². The second-order valence-corrected chi connectivity index (χ2v) is 14.1. The molecule has 3 fully saturated rings. The number of piperazine rings is 1. The number of rotatable bonds is 4. The number of allylic oxidation sites excluding steroid dienone is 4. The van der Waals surface area contributed by atoms with Gasteiger partial charge in [-0.3, -0.25) is 9.69 Å². The summed E-state index contributed by atoms with van der Waals surface area (Å²) < 4.78 is 71.9. The molecule has 1 aliphatic heterocycles. The number of amides is 2. The number of carbonyl (C=O) groups is 2. The number of carbonyl (C=O) groups excluding carboxylic acids is 2. The molecule has 1 aromatic carbocycles. The number of nitrogens with zero attached hydrogens (tertiary/aromatic N) is 3. The van der Waals surface area contributed by atoms with Crippen LogP contribution >= 0.6 is 0 Å². The number of hydrogen-bond acceptors (Lipinski definition) is 4. The summed E-state index contributed by atoms with van der Waals surface area (Å²) in [6, 6.07) is 7.85. The van der Waals surface area contributed by atoms with Crippen LogP contribution in [0.3, 0.4) is 0 Å². The summed E-state index contributed by atoms with van der Waals surface area (Å²) in [6.45, 7) is 4.81. The fraction of sp³-hybridized carbons (Fsp3) is 0.647. The molecular formula is C34H42F5N3O3. The van der Waals surface area contributed by atoms with Crippen molar-refractivity contribution >= 4 is 11.8 Å². The predicted octanol–water partition coefficient (Wildman–Crippen LogP) is 6.31. The molecule has 45 heavy (non-hydrogen) atoms. The largest absolute Gasteiger partial charge is 0.456 e. The van der Waals surface area contributed by atoms with Crippen molar-refractivity contribution in [1.29, 1.82) is 0 Å². The Morgan fingerprint density at radius 1 is 1.00 bits per heavy atom. The molecule has 1 saturated heterocycles. The van der Waals surface area contributed by atoms with Crippen LogP contribution in [0.25, 0.3) is 0 Å². The molecule has 1 heterocycles. The summed E-state index contributed by atoms with van der Waals surface area (Å²) in [5.41, 5.74) is 0.0692. The van der Waals surface area contributed by atoms with Gasteiger partial charge in [0.05, 0.1) is 0 Å². The van der Waals surface area contributed by atoms with Crippen LogP contribution in [-0.4, -0.2) is 89.6 Å². The van der Waals surface area contributed by atoms with Crippen LogP contribution in [0, 0.1) is 17.3 Å². The summed E-state index contributed by atoms with van der Waals surface area (Å²) in [6.07, 6.45) is -2.70. The molecule has 5 aliphatic rings. The molecule has 5 atom stereocenters. The molecule has 1 N–H and O–H groups in total. The van der Waals surface area contributed by atoms with E-state index in [2.05, 4.69) is 4.90 Å². The third-order valence-electron chi connectivity index (χ3n) is 11.6. The molecular weight excluding hydrogens is 593 g/mol. The number of ketones is 1. The summed E-state index contributed by atoms with van der Waals surface area (Å²) in [5.74, 6) is -6.41. The minimum absolute atomic E-state index is 0.0127. The molecule has 4 aliphatic carbocycles. The number of alkyl halides is 5. The molecule has 0 aromatic heterocycles. The second-order valence-electron chi connectivity index (χ2n) is 14.1. The summed E-state index contributed by atoms with van der Waals surface area (Å²) >= 11 is 0. The molecule has 6 rings (SSSR count). The van der Waals surface area contributed by atoms with Gasteiger partial charge in [-0.2, -0.15) is 22.0 Å². The molecule has 246 valence electrons. The Labute approximate surface area is 260 Å². The highest BCUT2D eigenvalue weighted by atomic mass is 19.4. The van der Waals surface area contributed by atoms with Gasteiger partial charge in [0, 0.05) is 64.6 Å². The first kappa shape index (κ1) is 32.2. The second kappa shape index (κ2) is 11.2. The zero-order chi connectivity index (χ0) is 32.5. The quantitative estimate of drug-likeness (QED) is 0.394. The van der Waals surface area contributed by atoms with Crippen molar-refractivity contribution in [3.63, 3.8) is 0 Å². The Morgan fingerprint density at radius 2 is 1.67 bits per heavy atom. The Morgan fingerprint density at radius 3 is 2.29 bits per heavy atom. The van der Waals surface area contributed by atoms with Crippen LogP contribution in [0.4, 0.5) is 26.7 Å². The minimum Gasteiger partial charge on any atom is -0.383 e. The van der Waals surface area contributed by atoms with E-state index in [4.69, 9.17) is 0 Å². The van der Waals surface area contributed by atoms with E-state index in [9.17, 15) is 27.9 Å². The zero-order valence-electron chi connectivity index (χ0n) is 26.1. The van der Waals surface area contributed by atoms with Gasteiger partial charge in [0.1, 0.15) is 5.60 Å². The van der Waals surface area contributed by atoms with Gasteiger partial charge in [-0.1, -0.05) is 36.8 Å². The maximum Gasteiger partial charge on any atom is 0.456 e. The molecule has 1 aromatic rings.